The summed E-state index contributed by atoms with van der Waals surface area (Å²) in [5.41, 5.74) is 7.49. The molecule has 0 unspecified atom stereocenters. The van der Waals surface area contributed by atoms with E-state index in [0.717, 1.165) is 65.8 Å². The lowest BCUT2D eigenvalue weighted by Gasteiger charge is -2.08. The second kappa shape index (κ2) is 9.30. The molecule has 46 heavy (non-hydrogen) atoms. The van der Waals surface area contributed by atoms with Crippen molar-refractivity contribution in [2.75, 3.05) is 0 Å². The van der Waals surface area contributed by atoms with Gasteiger partial charge in [-0.1, -0.05) is 103 Å². The van der Waals surface area contributed by atoms with Gasteiger partial charge in [0.2, 0.25) is 0 Å². The van der Waals surface area contributed by atoms with Crippen LogP contribution in [0.3, 0.4) is 0 Å². The number of aromatic nitrogens is 5. The fourth-order valence-corrected chi connectivity index (χ4v) is 7.06. The summed E-state index contributed by atoms with van der Waals surface area (Å²) in [5.74, 6) is 1.86. The number of hydrogen-bond donors (Lipinski definition) is 0. The van der Waals surface area contributed by atoms with Crippen molar-refractivity contribution in [2.45, 2.75) is 0 Å². The highest BCUT2D eigenvalue weighted by molar-refractivity contribution is 6.24. The number of benzene rings is 6. The highest BCUT2D eigenvalue weighted by Crippen LogP contribution is 2.40. The van der Waals surface area contributed by atoms with E-state index in [2.05, 4.69) is 40.8 Å². The third-order valence-corrected chi connectivity index (χ3v) is 9.10. The van der Waals surface area contributed by atoms with Crippen LogP contribution in [-0.4, -0.2) is 23.8 Å². The summed E-state index contributed by atoms with van der Waals surface area (Å²) < 4.78 is 4.16. The van der Waals surface area contributed by atoms with Crippen LogP contribution in [0.2, 0.25) is 0 Å². The Balaban J connectivity index is 1.33. The van der Waals surface area contributed by atoms with Gasteiger partial charge < -0.3 is 4.40 Å². The van der Waals surface area contributed by atoms with Gasteiger partial charge in [0.25, 0.3) is 5.56 Å². The molecular formula is C40H23N5O. The molecule has 0 saturated heterocycles. The van der Waals surface area contributed by atoms with Crippen LogP contribution in [0.5, 0.6) is 0 Å². The normalized spacial score (nSPS) is 12.0. The minimum atomic E-state index is -0.0187. The summed E-state index contributed by atoms with van der Waals surface area (Å²) in [6.45, 7) is 0. The van der Waals surface area contributed by atoms with Gasteiger partial charge in [0, 0.05) is 38.2 Å². The van der Waals surface area contributed by atoms with E-state index in [0.29, 0.717) is 22.9 Å². The molecule has 6 nitrogen and oxygen atoms in total. The molecule has 0 amide bonds. The van der Waals surface area contributed by atoms with Gasteiger partial charge in [0.15, 0.2) is 17.5 Å². The summed E-state index contributed by atoms with van der Waals surface area (Å²) in [6, 6.07) is 46.8. The van der Waals surface area contributed by atoms with Gasteiger partial charge in [-0.3, -0.25) is 9.20 Å². The van der Waals surface area contributed by atoms with Crippen LogP contribution in [-0.2, 0) is 0 Å². The average molecular weight is 590 g/mol. The number of fused-ring (bicyclic) bond motifs is 8. The van der Waals surface area contributed by atoms with Crippen molar-refractivity contribution in [1.82, 2.24) is 23.8 Å². The molecule has 10 aromatic rings. The molecule has 214 valence electrons. The average Bonchev–Trinajstić information content (AvgIpc) is 3.61. The molecule has 0 aliphatic carbocycles. The van der Waals surface area contributed by atoms with E-state index in [1.165, 1.54) is 0 Å². The largest absolute Gasteiger partial charge is 0.306 e. The van der Waals surface area contributed by atoms with E-state index >= 15 is 0 Å². The Labute approximate surface area is 261 Å². The molecule has 6 heteroatoms. The Morgan fingerprint density at radius 2 is 0.848 bits per heavy atom. The highest BCUT2D eigenvalue weighted by Gasteiger charge is 2.22. The van der Waals surface area contributed by atoms with Crippen LogP contribution in [0, 0.1) is 0 Å². The zero-order valence-electron chi connectivity index (χ0n) is 24.4. The van der Waals surface area contributed by atoms with Crippen molar-refractivity contribution in [2.24, 2.45) is 0 Å². The minimum Gasteiger partial charge on any atom is -0.306 e. The predicted molar refractivity (Wildman–Crippen MR) is 186 cm³/mol. The van der Waals surface area contributed by atoms with Crippen molar-refractivity contribution >= 4 is 54.5 Å². The van der Waals surface area contributed by atoms with Crippen LogP contribution < -0.4 is 5.56 Å². The molecule has 0 saturated carbocycles. The zero-order chi connectivity index (χ0) is 30.4. The Bertz CT molecular complexity index is 2810. The number of hydrogen-bond acceptors (Lipinski definition) is 4. The van der Waals surface area contributed by atoms with E-state index < -0.39 is 0 Å². The summed E-state index contributed by atoms with van der Waals surface area (Å²) >= 11 is 0. The van der Waals surface area contributed by atoms with Gasteiger partial charge in [-0.25, -0.2) is 15.0 Å². The van der Waals surface area contributed by atoms with Crippen LogP contribution in [0.4, 0.5) is 0 Å². The van der Waals surface area contributed by atoms with E-state index in [1.54, 1.807) is 0 Å². The lowest BCUT2D eigenvalue weighted by Crippen LogP contribution is -2.09. The third-order valence-electron chi connectivity index (χ3n) is 9.10. The first-order valence-electron chi connectivity index (χ1n) is 15.3. The summed E-state index contributed by atoms with van der Waals surface area (Å²) in [5, 5.41) is 4.93. The van der Waals surface area contributed by atoms with Gasteiger partial charge in [-0.15, -0.1) is 0 Å². The Hall–Kier alpha value is -6.40. The first-order chi connectivity index (χ1) is 22.7. The maximum Gasteiger partial charge on any atom is 0.265 e. The summed E-state index contributed by atoms with van der Waals surface area (Å²) in [7, 11) is 0. The molecule has 0 N–H and O–H groups in total. The molecule has 0 fully saturated rings. The quantitative estimate of drug-likeness (QED) is 0.207. The monoisotopic (exact) mass is 589 g/mol. The van der Waals surface area contributed by atoms with Crippen LogP contribution in [0.1, 0.15) is 0 Å². The topological polar surface area (TPSA) is 64.6 Å². The lowest BCUT2D eigenvalue weighted by molar-refractivity contribution is 1.07. The molecule has 0 spiro atoms. The fourth-order valence-electron chi connectivity index (χ4n) is 7.06. The van der Waals surface area contributed by atoms with Gasteiger partial charge in [-0.2, -0.15) is 0 Å². The van der Waals surface area contributed by atoms with E-state index in [4.69, 9.17) is 15.0 Å². The van der Waals surface area contributed by atoms with Crippen LogP contribution in [0.15, 0.2) is 144 Å². The Kier molecular flexibility index (Phi) is 5.05. The highest BCUT2D eigenvalue weighted by atomic mass is 16.1. The Morgan fingerprint density at radius 1 is 0.370 bits per heavy atom. The maximum atomic E-state index is 14.2. The molecule has 4 heterocycles. The van der Waals surface area contributed by atoms with Crippen molar-refractivity contribution in [3.63, 3.8) is 0 Å². The molecule has 4 aromatic heterocycles. The SMILES string of the molecule is O=c1c2ccccc2n2c3ccc(-c4nc(-c5ccccc5)nc(-c5ccccc5)n4)cc3c3ccc4c5ccccc5n1c4c32. The smallest absolute Gasteiger partial charge is 0.265 e. The first kappa shape index (κ1) is 25.0. The molecule has 0 atom stereocenters. The Morgan fingerprint density at radius 3 is 1.50 bits per heavy atom. The van der Waals surface area contributed by atoms with Gasteiger partial charge in [0.05, 0.1) is 33.0 Å². The number of nitrogens with zero attached hydrogens (tertiary/aromatic N) is 5. The minimum absolute atomic E-state index is 0.0187. The van der Waals surface area contributed by atoms with Crippen molar-refractivity contribution < 1.29 is 0 Å². The van der Waals surface area contributed by atoms with Crippen molar-refractivity contribution in [1.29, 1.82) is 0 Å². The molecule has 10 rings (SSSR count). The molecule has 0 aliphatic heterocycles. The molecule has 0 aliphatic rings. The number of rotatable bonds is 3. The second-order valence-corrected chi connectivity index (χ2v) is 11.6. The molecular weight excluding hydrogens is 566 g/mol. The lowest BCUT2D eigenvalue weighted by atomic mass is 10.1. The maximum absolute atomic E-state index is 14.2. The van der Waals surface area contributed by atoms with Crippen LogP contribution >= 0.6 is 0 Å². The van der Waals surface area contributed by atoms with E-state index in [1.807, 2.05) is 108 Å². The number of para-hydroxylation sites is 2. The molecule has 0 bridgehead atoms. The fraction of sp³-hybridized carbons (Fsp3) is 0. The zero-order valence-corrected chi connectivity index (χ0v) is 24.4. The predicted octanol–water partition coefficient (Wildman–Crippen LogP) is 8.79. The van der Waals surface area contributed by atoms with E-state index in [9.17, 15) is 4.79 Å². The summed E-state index contributed by atoms with van der Waals surface area (Å²) in [6.07, 6.45) is 0. The summed E-state index contributed by atoms with van der Waals surface area (Å²) in [4.78, 5) is 29.1. The van der Waals surface area contributed by atoms with Gasteiger partial charge >= 0.3 is 0 Å². The van der Waals surface area contributed by atoms with Crippen molar-refractivity contribution in [3.05, 3.63) is 150 Å². The first-order valence-corrected chi connectivity index (χ1v) is 15.3. The third kappa shape index (κ3) is 3.41. The van der Waals surface area contributed by atoms with Crippen LogP contribution in [0.25, 0.3) is 88.7 Å². The van der Waals surface area contributed by atoms with Crippen molar-refractivity contribution in [3.8, 4) is 34.2 Å². The van der Waals surface area contributed by atoms with Gasteiger partial charge in [0.1, 0.15) is 0 Å². The van der Waals surface area contributed by atoms with E-state index in [-0.39, 0.29) is 5.56 Å². The molecule has 6 aromatic carbocycles. The molecule has 0 radical (unpaired) electrons. The standard InChI is InChI=1S/C40H23N5O/c46-40-30-16-8-10-18-33(30)44-34-22-19-26(23-31(34)29-21-20-28-27-15-7-9-17-32(27)45(40)36(28)35(29)44)39-42-37(24-11-3-1-4-12-24)41-38(43-39)25-13-5-2-6-14-25/h1-23H. The van der Waals surface area contributed by atoms with Gasteiger partial charge in [-0.05, 0) is 36.4 Å². The second-order valence-electron chi connectivity index (χ2n) is 11.6.